The summed E-state index contributed by atoms with van der Waals surface area (Å²) in [5.74, 6) is -0.161. The Bertz CT molecular complexity index is 1800. The molecule has 1 aromatic heterocycles. The van der Waals surface area contributed by atoms with Gasteiger partial charge in [-0.15, -0.1) is 11.8 Å². The number of nitrogens with zero attached hydrogens (tertiary/aromatic N) is 3. The average Bonchev–Trinajstić information content (AvgIpc) is 3.80. The third-order valence-electron chi connectivity index (χ3n) is 10.7. The number of fused-ring (bicyclic) bond motifs is 9. The Kier molecular flexibility index (Phi) is 7.30. The number of morpholine rings is 1. The van der Waals surface area contributed by atoms with Gasteiger partial charge in [-0.05, 0) is 60.9 Å². The van der Waals surface area contributed by atoms with Crippen molar-refractivity contribution in [3.63, 3.8) is 0 Å². The van der Waals surface area contributed by atoms with Gasteiger partial charge in [-0.25, -0.2) is 0 Å². The maximum Gasteiger partial charge on any atom is 0.308 e. The number of rotatable bonds is 6. The second kappa shape index (κ2) is 11.3. The summed E-state index contributed by atoms with van der Waals surface area (Å²) in [4.78, 5) is 59.1. The van der Waals surface area contributed by atoms with Crippen molar-refractivity contribution in [2.24, 2.45) is 29.6 Å². The lowest BCUT2D eigenvalue weighted by molar-refractivity contribution is -0.136. The first-order valence-corrected chi connectivity index (χ1v) is 17.4. The van der Waals surface area contributed by atoms with E-state index in [0.29, 0.717) is 43.5 Å². The summed E-state index contributed by atoms with van der Waals surface area (Å²) in [5.41, 5.74) is 2.65. The zero-order valence-corrected chi connectivity index (χ0v) is 27.5. The number of hydrogen-bond donors (Lipinski definition) is 0. The van der Waals surface area contributed by atoms with Gasteiger partial charge in [-0.2, -0.15) is 0 Å². The fraction of sp³-hybridized carbons (Fsp3) is 0.471. The summed E-state index contributed by atoms with van der Waals surface area (Å²) in [7, 11) is 3.20. The highest BCUT2D eigenvalue weighted by molar-refractivity contribution is 8.00. The number of carbonyl (C=O) groups is 3. The molecule has 240 valence electrons. The van der Waals surface area contributed by atoms with E-state index in [9.17, 15) is 19.2 Å². The topological polar surface area (TPSA) is 107 Å². The number of hydrogen-bond acceptors (Lipinski definition) is 9. The predicted octanol–water partition coefficient (Wildman–Crippen LogP) is 3.77. The monoisotopic (exact) mass is 661 g/mol. The normalized spacial score (nSPS) is 29.5. The Labute approximate surface area is 274 Å². The standard InChI is InChI=1S/C34H35N3O7S2/c1-17-4-7-19(8-5-17)37-31(39)27-20-15-21(28(27)32(37)40)29-26(20)25(18-6-9-22(42-2)23(14-18)43-3)30-33(45-29)36(34(41)46-30)16-24(38)35-10-12-44-13-11-35/h4-9,14,20-21,25-29H,10-13,15-16H2,1-3H3. The lowest BCUT2D eigenvalue weighted by atomic mass is 9.68. The van der Waals surface area contributed by atoms with Crippen LogP contribution in [0, 0.1) is 36.5 Å². The Balaban J connectivity index is 1.21. The SMILES string of the molecule is COc1ccc(C2c3sc(=O)n(CC(=O)N4CCOCC4)c3SC3C4CC(C5C(=O)N(c6ccc(C)cc6)C(=O)C45)C23)cc1OC. The van der Waals surface area contributed by atoms with E-state index in [0.717, 1.165) is 27.5 Å². The van der Waals surface area contributed by atoms with Crippen molar-refractivity contribution >= 4 is 46.5 Å². The van der Waals surface area contributed by atoms with Crippen molar-refractivity contribution in [3.05, 3.63) is 68.1 Å². The van der Waals surface area contributed by atoms with Gasteiger partial charge in [-0.3, -0.25) is 28.6 Å². The molecule has 4 fully saturated rings. The number of thiazole rings is 1. The van der Waals surface area contributed by atoms with E-state index in [1.165, 1.54) is 16.2 Å². The number of aromatic nitrogens is 1. The van der Waals surface area contributed by atoms with Crippen LogP contribution in [-0.4, -0.2) is 73.0 Å². The van der Waals surface area contributed by atoms with E-state index in [1.807, 2.05) is 49.4 Å². The first kappa shape index (κ1) is 29.8. The molecule has 3 aliphatic heterocycles. The molecule has 7 atom stereocenters. The second-order valence-corrected chi connectivity index (χ2v) is 15.0. The zero-order valence-electron chi connectivity index (χ0n) is 25.8. The molecular weight excluding hydrogens is 627 g/mol. The Hall–Kier alpha value is -3.61. The van der Waals surface area contributed by atoms with Gasteiger partial charge in [0.25, 0.3) is 0 Å². The van der Waals surface area contributed by atoms with Gasteiger partial charge < -0.3 is 19.1 Å². The number of methoxy groups -OCH3 is 2. The van der Waals surface area contributed by atoms with Crippen molar-refractivity contribution in [1.29, 1.82) is 0 Å². The van der Waals surface area contributed by atoms with Crippen LogP contribution >= 0.6 is 23.1 Å². The molecule has 0 radical (unpaired) electrons. The van der Waals surface area contributed by atoms with E-state index in [1.54, 1.807) is 35.4 Å². The second-order valence-electron chi connectivity index (χ2n) is 12.8. The molecule has 2 aliphatic carbocycles. The van der Waals surface area contributed by atoms with Crippen LogP contribution in [0.15, 0.2) is 52.3 Å². The van der Waals surface area contributed by atoms with Crippen LogP contribution in [-0.2, 0) is 25.7 Å². The van der Waals surface area contributed by atoms with Crippen LogP contribution in [0.2, 0.25) is 0 Å². The number of anilines is 1. The number of benzene rings is 2. The van der Waals surface area contributed by atoms with Crippen molar-refractivity contribution in [2.45, 2.75) is 36.1 Å². The van der Waals surface area contributed by atoms with Gasteiger partial charge in [-0.1, -0.05) is 35.1 Å². The molecule has 5 aliphatic rings. The first-order chi connectivity index (χ1) is 22.3. The lowest BCUT2D eigenvalue weighted by Crippen LogP contribution is -2.44. The minimum atomic E-state index is -0.397. The third kappa shape index (κ3) is 4.40. The minimum absolute atomic E-state index is 0.00491. The van der Waals surface area contributed by atoms with Gasteiger partial charge >= 0.3 is 4.87 Å². The number of carbonyl (C=O) groups excluding carboxylic acids is 3. The summed E-state index contributed by atoms with van der Waals surface area (Å²) >= 11 is 2.82. The maximum atomic E-state index is 14.1. The molecule has 0 spiro atoms. The minimum Gasteiger partial charge on any atom is -0.493 e. The summed E-state index contributed by atoms with van der Waals surface area (Å²) in [6.45, 7) is 3.93. The number of ether oxygens (including phenoxy) is 3. The molecule has 3 amide bonds. The third-order valence-corrected chi connectivity index (χ3v) is 13.5. The molecule has 2 saturated heterocycles. The van der Waals surface area contributed by atoms with Gasteiger partial charge in [0.05, 0.1) is 50.0 Å². The van der Waals surface area contributed by atoms with Crippen LogP contribution in [0.3, 0.4) is 0 Å². The molecule has 12 heteroatoms. The molecule has 2 aromatic carbocycles. The average molecular weight is 662 g/mol. The highest BCUT2D eigenvalue weighted by atomic mass is 32.2. The summed E-state index contributed by atoms with van der Waals surface area (Å²) in [6, 6.07) is 13.4. The number of aryl methyl sites for hydroxylation is 1. The van der Waals surface area contributed by atoms with Gasteiger partial charge in [0.15, 0.2) is 11.5 Å². The zero-order chi connectivity index (χ0) is 31.9. The Morgan fingerprint density at radius 3 is 2.33 bits per heavy atom. The maximum absolute atomic E-state index is 14.1. The highest BCUT2D eigenvalue weighted by Crippen LogP contribution is 2.69. The number of thioether (sulfide) groups is 1. The molecule has 0 N–H and O–H groups in total. The number of imide groups is 1. The van der Waals surface area contributed by atoms with Crippen LogP contribution in [0.1, 0.15) is 28.3 Å². The molecule has 2 bridgehead atoms. The molecule has 3 aromatic rings. The molecule has 8 rings (SSSR count). The fourth-order valence-corrected chi connectivity index (χ4v) is 11.8. The molecule has 2 saturated carbocycles. The van der Waals surface area contributed by atoms with Crippen LogP contribution in [0.25, 0.3) is 0 Å². The first-order valence-electron chi connectivity index (χ1n) is 15.7. The largest absolute Gasteiger partial charge is 0.493 e. The smallest absolute Gasteiger partial charge is 0.308 e. The fourth-order valence-electron chi connectivity index (χ4n) is 8.67. The Morgan fingerprint density at radius 1 is 0.935 bits per heavy atom. The van der Waals surface area contributed by atoms with Crippen molar-refractivity contribution < 1.29 is 28.6 Å². The van der Waals surface area contributed by atoms with Crippen LogP contribution < -0.4 is 19.2 Å². The van der Waals surface area contributed by atoms with Crippen molar-refractivity contribution in [3.8, 4) is 11.5 Å². The van der Waals surface area contributed by atoms with E-state index < -0.39 is 11.8 Å². The molecule has 4 heterocycles. The van der Waals surface area contributed by atoms with E-state index in [2.05, 4.69) is 0 Å². The quantitative estimate of drug-likeness (QED) is 0.368. The van der Waals surface area contributed by atoms with Crippen LogP contribution in [0.4, 0.5) is 5.69 Å². The molecule has 10 nitrogen and oxygen atoms in total. The predicted molar refractivity (Wildman–Crippen MR) is 173 cm³/mol. The summed E-state index contributed by atoms with van der Waals surface area (Å²) < 4.78 is 18.3. The molecular formula is C34H35N3O7S2. The van der Waals surface area contributed by atoms with Crippen molar-refractivity contribution in [1.82, 2.24) is 9.47 Å². The van der Waals surface area contributed by atoms with E-state index >= 15 is 0 Å². The summed E-state index contributed by atoms with van der Waals surface area (Å²) in [5, 5.41) is 0.805. The lowest BCUT2D eigenvalue weighted by Gasteiger charge is -2.43. The number of amides is 3. The van der Waals surface area contributed by atoms with Crippen LogP contribution in [0.5, 0.6) is 11.5 Å². The van der Waals surface area contributed by atoms with Gasteiger partial charge in [0.1, 0.15) is 6.54 Å². The molecule has 7 unspecified atom stereocenters. The van der Waals surface area contributed by atoms with Gasteiger partial charge in [0.2, 0.25) is 17.7 Å². The summed E-state index contributed by atoms with van der Waals surface area (Å²) in [6.07, 6.45) is 0.784. The highest BCUT2D eigenvalue weighted by Gasteiger charge is 2.70. The van der Waals surface area contributed by atoms with E-state index in [4.69, 9.17) is 14.2 Å². The van der Waals surface area contributed by atoms with Crippen molar-refractivity contribution in [2.75, 3.05) is 45.4 Å². The molecule has 46 heavy (non-hydrogen) atoms. The van der Waals surface area contributed by atoms with Gasteiger partial charge in [0, 0.05) is 29.1 Å². The Morgan fingerprint density at radius 2 is 1.63 bits per heavy atom. The van der Waals surface area contributed by atoms with E-state index in [-0.39, 0.29) is 58.1 Å².